The van der Waals surface area contributed by atoms with Crippen molar-refractivity contribution < 1.29 is 9.59 Å². The fourth-order valence-corrected chi connectivity index (χ4v) is 1.58. The van der Waals surface area contributed by atoms with E-state index in [-0.39, 0.29) is 22.5 Å². The van der Waals surface area contributed by atoms with Gasteiger partial charge in [0.05, 0.1) is 10.6 Å². The van der Waals surface area contributed by atoms with Crippen LogP contribution in [0, 0.1) is 0 Å². The number of primary amides is 1. The maximum atomic E-state index is 11.6. The number of benzene rings is 1. The lowest BCUT2D eigenvalue weighted by atomic mass is 10.1. The molecule has 0 saturated carbocycles. The fourth-order valence-electron chi connectivity index (χ4n) is 1.37. The van der Waals surface area contributed by atoms with Crippen molar-refractivity contribution in [2.45, 2.75) is 25.8 Å². The number of rotatable bonds is 5. The van der Waals surface area contributed by atoms with Gasteiger partial charge in [-0.25, -0.2) is 0 Å². The van der Waals surface area contributed by atoms with Gasteiger partial charge in [0.1, 0.15) is 0 Å². The number of halogens is 1. The smallest absolute Gasteiger partial charge is 0.250 e. The summed E-state index contributed by atoms with van der Waals surface area (Å²) < 4.78 is 0. The molecule has 0 aromatic heterocycles. The van der Waals surface area contributed by atoms with Crippen molar-refractivity contribution in [2.75, 3.05) is 5.32 Å². The van der Waals surface area contributed by atoms with Crippen molar-refractivity contribution in [1.82, 2.24) is 0 Å². The van der Waals surface area contributed by atoms with Crippen LogP contribution in [0.25, 0.3) is 0 Å². The van der Waals surface area contributed by atoms with E-state index in [0.717, 1.165) is 0 Å². The molecular weight excluding hydrogens is 254 g/mol. The van der Waals surface area contributed by atoms with Gasteiger partial charge in [-0.15, -0.1) is 0 Å². The highest BCUT2D eigenvalue weighted by molar-refractivity contribution is 6.33. The first-order chi connectivity index (χ1) is 8.40. The van der Waals surface area contributed by atoms with Crippen LogP contribution in [-0.4, -0.2) is 17.9 Å². The Balaban J connectivity index is 2.70. The summed E-state index contributed by atoms with van der Waals surface area (Å²) in [6.45, 7) is 1.83. The molecule has 5 N–H and O–H groups in total. The number of amides is 2. The first-order valence-electron chi connectivity index (χ1n) is 5.55. The molecule has 6 heteroatoms. The van der Waals surface area contributed by atoms with Crippen molar-refractivity contribution in [2.24, 2.45) is 11.5 Å². The molecule has 1 aromatic carbocycles. The molecule has 0 fully saturated rings. The van der Waals surface area contributed by atoms with Gasteiger partial charge in [0.25, 0.3) is 0 Å². The number of hydrogen-bond donors (Lipinski definition) is 3. The molecule has 1 atom stereocenters. The Labute approximate surface area is 110 Å². The highest BCUT2D eigenvalue weighted by Gasteiger charge is 2.09. The van der Waals surface area contributed by atoms with E-state index in [1.165, 1.54) is 12.1 Å². The topological polar surface area (TPSA) is 98.2 Å². The van der Waals surface area contributed by atoms with E-state index < -0.39 is 5.91 Å². The first-order valence-corrected chi connectivity index (χ1v) is 5.92. The predicted molar refractivity (Wildman–Crippen MR) is 71.5 cm³/mol. The molecule has 98 valence electrons. The summed E-state index contributed by atoms with van der Waals surface area (Å²) >= 11 is 5.80. The standard InChI is InChI=1S/C12H16ClN3O2/c1-7(14)2-5-11(17)16-8-3-4-10(13)9(6-8)12(15)18/h3-4,6-7H,2,5,14H2,1H3,(H2,15,18)(H,16,17). The van der Waals surface area contributed by atoms with Crippen LogP contribution in [0.3, 0.4) is 0 Å². The largest absolute Gasteiger partial charge is 0.366 e. The van der Waals surface area contributed by atoms with Crippen LogP contribution in [0.2, 0.25) is 5.02 Å². The van der Waals surface area contributed by atoms with Gasteiger partial charge in [-0.05, 0) is 31.5 Å². The number of anilines is 1. The second kappa shape index (κ2) is 6.37. The Bertz CT molecular complexity index is 461. The van der Waals surface area contributed by atoms with Crippen LogP contribution in [0.1, 0.15) is 30.1 Å². The maximum Gasteiger partial charge on any atom is 0.250 e. The molecule has 0 radical (unpaired) electrons. The molecule has 0 aliphatic carbocycles. The van der Waals surface area contributed by atoms with Crippen LogP contribution in [0.15, 0.2) is 18.2 Å². The minimum Gasteiger partial charge on any atom is -0.366 e. The van der Waals surface area contributed by atoms with Gasteiger partial charge in [-0.2, -0.15) is 0 Å². The molecule has 1 unspecified atom stereocenters. The van der Waals surface area contributed by atoms with Crippen LogP contribution in [-0.2, 0) is 4.79 Å². The second-order valence-corrected chi connectivity index (χ2v) is 4.53. The lowest BCUT2D eigenvalue weighted by Gasteiger charge is -2.08. The summed E-state index contributed by atoms with van der Waals surface area (Å²) in [5.74, 6) is -0.795. The molecule has 18 heavy (non-hydrogen) atoms. The zero-order chi connectivity index (χ0) is 13.7. The van der Waals surface area contributed by atoms with Gasteiger partial charge in [0.2, 0.25) is 11.8 Å². The van der Waals surface area contributed by atoms with Crippen LogP contribution < -0.4 is 16.8 Å². The average molecular weight is 270 g/mol. The Kier molecular flexibility index (Phi) is 5.12. The number of hydrogen-bond acceptors (Lipinski definition) is 3. The molecule has 5 nitrogen and oxygen atoms in total. The zero-order valence-electron chi connectivity index (χ0n) is 10.1. The van der Waals surface area contributed by atoms with E-state index >= 15 is 0 Å². The van der Waals surface area contributed by atoms with E-state index in [9.17, 15) is 9.59 Å². The molecule has 0 spiro atoms. The Morgan fingerprint density at radius 3 is 2.67 bits per heavy atom. The van der Waals surface area contributed by atoms with E-state index in [0.29, 0.717) is 18.5 Å². The number of carbonyl (C=O) groups is 2. The third-order valence-corrected chi connectivity index (χ3v) is 2.67. The van der Waals surface area contributed by atoms with Gasteiger partial charge >= 0.3 is 0 Å². The van der Waals surface area contributed by atoms with Crippen molar-refractivity contribution in [3.8, 4) is 0 Å². The molecule has 0 bridgehead atoms. The minimum atomic E-state index is -0.633. The van der Waals surface area contributed by atoms with E-state index in [1.807, 2.05) is 6.92 Å². The molecule has 0 aliphatic rings. The van der Waals surface area contributed by atoms with Crippen molar-refractivity contribution in [3.63, 3.8) is 0 Å². The summed E-state index contributed by atoms with van der Waals surface area (Å²) in [5, 5.41) is 2.92. The lowest BCUT2D eigenvalue weighted by Crippen LogP contribution is -2.19. The average Bonchev–Trinajstić information content (AvgIpc) is 2.28. The van der Waals surface area contributed by atoms with Crippen molar-refractivity contribution in [3.05, 3.63) is 28.8 Å². The van der Waals surface area contributed by atoms with Crippen molar-refractivity contribution >= 4 is 29.1 Å². The highest BCUT2D eigenvalue weighted by atomic mass is 35.5. The van der Waals surface area contributed by atoms with Crippen LogP contribution in [0.4, 0.5) is 5.69 Å². The van der Waals surface area contributed by atoms with Gasteiger partial charge in [-0.3, -0.25) is 9.59 Å². The normalized spacial score (nSPS) is 11.9. The third-order valence-electron chi connectivity index (χ3n) is 2.34. The van der Waals surface area contributed by atoms with E-state index in [4.69, 9.17) is 23.1 Å². The summed E-state index contributed by atoms with van der Waals surface area (Å²) in [6, 6.07) is 4.55. The first kappa shape index (κ1) is 14.5. The van der Waals surface area contributed by atoms with Gasteiger partial charge in [-0.1, -0.05) is 11.6 Å². The van der Waals surface area contributed by atoms with E-state index in [2.05, 4.69) is 5.32 Å². The van der Waals surface area contributed by atoms with Crippen LogP contribution >= 0.6 is 11.6 Å². The molecule has 0 aliphatic heterocycles. The maximum absolute atomic E-state index is 11.6. The zero-order valence-corrected chi connectivity index (χ0v) is 10.8. The summed E-state index contributed by atoms with van der Waals surface area (Å²) in [5.41, 5.74) is 11.4. The van der Waals surface area contributed by atoms with Gasteiger partial charge in [0.15, 0.2) is 0 Å². The molecule has 0 saturated heterocycles. The Morgan fingerprint density at radius 2 is 2.11 bits per heavy atom. The lowest BCUT2D eigenvalue weighted by molar-refractivity contribution is -0.116. The third kappa shape index (κ3) is 4.35. The Morgan fingerprint density at radius 1 is 1.44 bits per heavy atom. The van der Waals surface area contributed by atoms with Crippen molar-refractivity contribution in [1.29, 1.82) is 0 Å². The molecule has 0 heterocycles. The van der Waals surface area contributed by atoms with Crippen LogP contribution in [0.5, 0.6) is 0 Å². The quantitative estimate of drug-likeness (QED) is 0.755. The molecule has 1 aromatic rings. The van der Waals surface area contributed by atoms with E-state index in [1.54, 1.807) is 6.07 Å². The minimum absolute atomic E-state index is 0.0258. The second-order valence-electron chi connectivity index (χ2n) is 4.12. The Hall–Kier alpha value is -1.59. The summed E-state index contributed by atoms with van der Waals surface area (Å²) in [6.07, 6.45) is 0.925. The van der Waals surface area contributed by atoms with Gasteiger partial charge in [0, 0.05) is 18.2 Å². The highest BCUT2D eigenvalue weighted by Crippen LogP contribution is 2.20. The van der Waals surface area contributed by atoms with Gasteiger partial charge < -0.3 is 16.8 Å². The SMILES string of the molecule is CC(N)CCC(=O)Nc1ccc(Cl)c(C(N)=O)c1. The number of nitrogens with one attached hydrogen (secondary N) is 1. The number of carbonyl (C=O) groups excluding carboxylic acids is 2. The summed E-state index contributed by atoms with van der Waals surface area (Å²) in [7, 11) is 0. The summed E-state index contributed by atoms with van der Waals surface area (Å²) in [4.78, 5) is 22.7. The molecule has 1 rings (SSSR count). The monoisotopic (exact) mass is 269 g/mol. The predicted octanol–water partition coefficient (Wildman–Crippen LogP) is 1.50. The fraction of sp³-hybridized carbons (Fsp3) is 0.333. The molecular formula is C12H16ClN3O2. The molecule has 2 amide bonds. The number of nitrogens with two attached hydrogens (primary N) is 2.